The summed E-state index contributed by atoms with van der Waals surface area (Å²) in [5.41, 5.74) is 1.94. The van der Waals surface area contributed by atoms with E-state index in [-0.39, 0.29) is 11.9 Å². The molecule has 2 aromatic rings. The highest BCUT2D eigenvalue weighted by Gasteiger charge is 2.17. The first kappa shape index (κ1) is 18.0. The minimum Gasteiger partial charge on any atom is -0.451 e. The molecular formula is C22H31NO2. The zero-order valence-electron chi connectivity index (χ0n) is 15.5. The van der Waals surface area contributed by atoms with Crippen LogP contribution in [0.25, 0.3) is 11.0 Å². The Morgan fingerprint density at radius 1 is 0.920 bits per heavy atom. The quantitative estimate of drug-likeness (QED) is 0.712. The van der Waals surface area contributed by atoms with Gasteiger partial charge in [0.25, 0.3) is 5.91 Å². The molecule has 1 saturated carbocycles. The highest BCUT2D eigenvalue weighted by Crippen LogP contribution is 2.22. The first-order valence-corrected chi connectivity index (χ1v) is 10.0. The van der Waals surface area contributed by atoms with Gasteiger partial charge in [0.1, 0.15) is 5.58 Å². The lowest BCUT2D eigenvalue weighted by atomic mass is 9.98. The monoisotopic (exact) mass is 341 g/mol. The highest BCUT2D eigenvalue weighted by atomic mass is 16.3. The van der Waals surface area contributed by atoms with E-state index in [9.17, 15) is 4.79 Å². The van der Waals surface area contributed by atoms with Crippen molar-refractivity contribution >= 4 is 16.9 Å². The maximum absolute atomic E-state index is 12.6. The number of carbonyl (C=O) groups is 1. The molecule has 0 radical (unpaired) electrons. The number of carbonyl (C=O) groups excluding carboxylic acids is 1. The van der Waals surface area contributed by atoms with Gasteiger partial charge in [0.05, 0.1) is 0 Å². The molecule has 0 aliphatic heterocycles. The van der Waals surface area contributed by atoms with Crippen LogP contribution in [-0.2, 0) is 0 Å². The lowest BCUT2D eigenvalue weighted by molar-refractivity contribution is 0.0905. The molecule has 1 amide bonds. The van der Waals surface area contributed by atoms with Gasteiger partial charge >= 0.3 is 0 Å². The predicted molar refractivity (Wildman–Crippen MR) is 103 cm³/mol. The number of fused-ring (bicyclic) bond motifs is 1. The lowest BCUT2D eigenvalue weighted by Gasteiger charge is -2.19. The normalized spacial score (nSPS) is 18.4. The van der Waals surface area contributed by atoms with Crippen molar-refractivity contribution in [2.24, 2.45) is 0 Å². The van der Waals surface area contributed by atoms with Crippen LogP contribution in [-0.4, -0.2) is 11.9 Å². The second kappa shape index (κ2) is 9.07. The summed E-state index contributed by atoms with van der Waals surface area (Å²) in [6, 6.07) is 8.19. The first-order valence-electron chi connectivity index (χ1n) is 10.0. The third-order valence-corrected chi connectivity index (χ3v) is 5.34. The molecule has 25 heavy (non-hydrogen) atoms. The fourth-order valence-electron chi connectivity index (χ4n) is 3.81. The molecule has 1 fully saturated rings. The summed E-state index contributed by atoms with van der Waals surface area (Å²) in [6.07, 6.45) is 14.0. The van der Waals surface area contributed by atoms with Crippen LogP contribution in [0.15, 0.2) is 28.7 Å². The largest absolute Gasteiger partial charge is 0.451 e. The Morgan fingerprint density at radius 2 is 1.52 bits per heavy atom. The number of amides is 1. The average molecular weight is 341 g/mol. The van der Waals surface area contributed by atoms with Crippen LogP contribution in [0, 0.1) is 6.92 Å². The van der Waals surface area contributed by atoms with E-state index in [1.54, 1.807) is 0 Å². The Morgan fingerprint density at radius 3 is 2.16 bits per heavy atom. The number of hydrogen-bond acceptors (Lipinski definition) is 2. The van der Waals surface area contributed by atoms with Crippen molar-refractivity contribution < 1.29 is 9.21 Å². The Labute approximate surface area is 151 Å². The summed E-state index contributed by atoms with van der Waals surface area (Å²) in [4.78, 5) is 12.6. The Bertz CT molecular complexity index is 676. The van der Waals surface area contributed by atoms with Gasteiger partial charge in [-0.15, -0.1) is 0 Å². The third kappa shape index (κ3) is 5.35. The van der Waals surface area contributed by atoms with E-state index in [1.807, 2.05) is 31.2 Å². The molecule has 136 valence electrons. The molecule has 3 rings (SSSR count). The second-order valence-electron chi connectivity index (χ2n) is 7.58. The van der Waals surface area contributed by atoms with Crippen LogP contribution in [0.3, 0.4) is 0 Å². The highest BCUT2D eigenvalue weighted by molar-refractivity contribution is 5.96. The maximum atomic E-state index is 12.6. The van der Waals surface area contributed by atoms with Crippen molar-refractivity contribution in [1.82, 2.24) is 5.32 Å². The van der Waals surface area contributed by atoms with Crippen molar-refractivity contribution in [2.75, 3.05) is 0 Å². The number of nitrogens with one attached hydrogen (secondary N) is 1. The number of furan rings is 1. The fourth-order valence-corrected chi connectivity index (χ4v) is 3.81. The van der Waals surface area contributed by atoms with Gasteiger partial charge in [-0.1, -0.05) is 69.9 Å². The number of hydrogen-bond donors (Lipinski definition) is 1. The Balaban J connectivity index is 1.61. The van der Waals surface area contributed by atoms with Crippen LogP contribution < -0.4 is 5.32 Å². The molecular weight excluding hydrogens is 310 g/mol. The second-order valence-corrected chi connectivity index (χ2v) is 7.58. The van der Waals surface area contributed by atoms with Crippen molar-refractivity contribution in [3.8, 4) is 0 Å². The molecule has 1 aromatic carbocycles. The number of rotatable bonds is 2. The van der Waals surface area contributed by atoms with Crippen LogP contribution >= 0.6 is 0 Å². The molecule has 0 bridgehead atoms. The van der Waals surface area contributed by atoms with E-state index < -0.39 is 0 Å². The standard InChI is InChI=1S/C22H31NO2/c1-17-13-14-18-16-21(25-20(18)15-17)22(24)23-19-11-9-7-5-3-2-4-6-8-10-12-19/h13-16,19H,2-12H2,1H3,(H,23,24). The van der Waals surface area contributed by atoms with Crippen molar-refractivity contribution in [1.29, 1.82) is 0 Å². The third-order valence-electron chi connectivity index (χ3n) is 5.34. The summed E-state index contributed by atoms with van der Waals surface area (Å²) in [5, 5.41) is 4.22. The van der Waals surface area contributed by atoms with Gasteiger partial charge in [0.15, 0.2) is 5.76 Å². The van der Waals surface area contributed by atoms with Crippen molar-refractivity contribution in [3.05, 3.63) is 35.6 Å². The summed E-state index contributed by atoms with van der Waals surface area (Å²) < 4.78 is 5.78. The zero-order valence-corrected chi connectivity index (χ0v) is 15.5. The minimum absolute atomic E-state index is 0.0639. The summed E-state index contributed by atoms with van der Waals surface area (Å²) in [7, 11) is 0. The van der Waals surface area contributed by atoms with Gasteiger partial charge in [-0.2, -0.15) is 0 Å². The Kier molecular flexibility index (Phi) is 6.55. The number of aryl methyl sites for hydroxylation is 1. The van der Waals surface area contributed by atoms with E-state index in [1.165, 1.54) is 57.8 Å². The van der Waals surface area contributed by atoms with Crippen molar-refractivity contribution in [3.63, 3.8) is 0 Å². The van der Waals surface area contributed by atoms with Gasteiger partial charge in [-0.05, 0) is 37.5 Å². The maximum Gasteiger partial charge on any atom is 0.287 e. The van der Waals surface area contributed by atoms with Gasteiger partial charge in [0, 0.05) is 11.4 Å². The van der Waals surface area contributed by atoms with Crippen LogP contribution in [0.4, 0.5) is 0 Å². The zero-order chi connectivity index (χ0) is 17.5. The molecule has 1 N–H and O–H groups in total. The van der Waals surface area contributed by atoms with E-state index in [2.05, 4.69) is 5.32 Å². The van der Waals surface area contributed by atoms with E-state index in [0.29, 0.717) is 5.76 Å². The van der Waals surface area contributed by atoms with E-state index in [4.69, 9.17) is 4.42 Å². The smallest absolute Gasteiger partial charge is 0.287 e. The van der Waals surface area contributed by atoms with E-state index in [0.717, 1.165) is 29.4 Å². The topological polar surface area (TPSA) is 42.2 Å². The first-order chi connectivity index (χ1) is 12.2. The molecule has 0 spiro atoms. The van der Waals surface area contributed by atoms with E-state index >= 15 is 0 Å². The molecule has 1 aliphatic carbocycles. The molecule has 1 aliphatic rings. The van der Waals surface area contributed by atoms with Crippen LogP contribution in [0.5, 0.6) is 0 Å². The SMILES string of the molecule is Cc1ccc2cc(C(=O)NC3CCCCCCCCCCC3)oc2c1. The van der Waals surface area contributed by atoms with Gasteiger partial charge in [0.2, 0.25) is 0 Å². The van der Waals surface area contributed by atoms with Gasteiger partial charge in [-0.25, -0.2) is 0 Å². The van der Waals surface area contributed by atoms with Crippen LogP contribution in [0.1, 0.15) is 86.7 Å². The predicted octanol–water partition coefficient (Wildman–Crippen LogP) is 6.14. The molecule has 0 atom stereocenters. The van der Waals surface area contributed by atoms with Gasteiger partial charge in [-0.3, -0.25) is 4.79 Å². The number of benzene rings is 1. The molecule has 0 unspecified atom stereocenters. The molecule has 1 heterocycles. The molecule has 1 aromatic heterocycles. The van der Waals surface area contributed by atoms with Crippen molar-refractivity contribution in [2.45, 2.75) is 83.6 Å². The molecule has 3 heteroatoms. The molecule has 3 nitrogen and oxygen atoms in total. The van der Waals surface area contributed by atoms with Gasteiger partial charge < -0.3 is 9.73 Å². The summed E-state index contributed by atoms with van der Waals surface area (Å²) in [5.74, 6) is 0.373. The Hall–Kier alpha value is -1.77. The summed E-state index contributed by atoms with van der Waals surface area (Å²) in [6.45, 7) is 2.03. The molecule has 0 saturated heterocycles. The summed E-state index contributed by atoms with van der Waals surface area (Å²) >= 11 is 0. The average Bonchev–Trinajstić information content (AvgIpc) is 3.00. The minimum atomic E-state index is -0.0639. The fraction of sp³-hybridized carbons (Fsp3) is 0.591. The lowest BCUT2D eigenvalue weighted by Crippen LogP contribution is -2.34. The van der Waals surface area contributed by atoms with Crippen LogP contribution in [0.2, 0.25) is 0 Å².